The highest BCUT2D eigenvalue weighted by molar-refractivity contribution is 6.62. The summed E-state index contributed by atoms with van der Waals surface area (Å²) in [7, 11) is -2.28. The maximum atomic E-state index is 13.9. The first-order chi connectivity index (χ1) is 21.7. The average molecular weight is 611 g/mol. The summed E-state index contributed by atoms with van der Waals surface area (Å²) in [5.41, 5.74) is 3.89. The van der Waals surface area contributed by atoms with Crippen molar-refractivity contribution in [2.75, 3.05) is 6.54 Å². The van der Waals surface area contributed by atoms with E-state index in [-0.39, 0.29) is 44.6 Å². The van der Waals surface area contributed by atoms with Gasteiger partial charge in [0.15, 0.2) is 0 Å². The largest absolute Gasteiger partial charge is 0.491 e. The summed E-state index contributed by atoms with van der Waals surface area (Å²) in [5, 5.41) is 35.5. The van der Waals surface area contributed by atoms with Crippen LogP contribution in [0.3, 0.4) is 0 Å². The second-order valence-electron chi connectivity index (χ2n) is 11.5. The van der Waals surface area contributed by atoms with Crippen molar-refractivity contribution in [3.8, 4) is 0 Å². The molecule has 3 amide bonds. The lowest BCUT2D eigenvalue weighted by molar-refractivity contribution is -0.137. The van der Waals surface area contributed by atoms with Crippen LogP contribution in [-0.4, -0.2) is 82.7 Å². The van der Waals surface area contributed by atoms with E-state index in [4.69, 9.17) is 9.31 Å². The molecule has 0 saturated carbocycles. The van der Waals surface area contributed by atoms with E-state index < -0.39 is 56.1 Å². The zero-order valence-electron chi connectivity index (χ0n) is 24.2. The maximum absolute atomic E-state index is 13.9. The number of hydrogen-bond acceptors (Lipinski definition) is 8. The molecule has 1 saturated heterocycles. The van der Waals surface area contributed by atoms with Crippen LogP contribution in [-0.2, 0) is 38.5 Å². The number of fused-ring (bicyclic) bond motifs is 2. The van der Waals surface area contributed by atoms with Crippen molar-refractivity contribution in [3.05, 3.63) is 94.5 Å². The third-order valence-electron chi connectivity index (χ3n) is 8.42. The highest BCUT2D eigenvalue weighted by atomic mass is 16.5. The zero-order chi connectivity index (χ0) is 31.7. The third kappa shape index (κ3) is 6.64. The van der Waals surface area contributed by atoms with Gasteiger partial charge in [-0.2, -0.15) is 0 Å². The Morgan fingerprint density at radius 1 is 0.889 bits per heavy atom. The van der Waals surface area contributed by atoms with Gasteiger partial charge in [-0.3, -0.25) is 19.2 Å². The molecule has 3 aliphatic heterocycles. The van der Waals surface area contributed by atoms with Crippen LogP contribution in [0, 0.1) is 0 Å². The fourth-order valence-electron chi connectivity index (χ4n) is 6.13. The molecule has 1 fully saturated rings. The molecule has 0 bridgehead atoms. The molecule has 3 aromatic rings. The molecular formula is C31H31B2N3O9. The Bertz CT molecular complexity index is 1640. The number of aliphatic carboxylic acids is 1. The van der Waals surface area contributed by atoms with Crippen molar-refractivity contribution in [2.24, 2.45) is 0 Å². The highest BCUT2D eigenvalue weighted by Gasteiger charge is 2.42. The van der Waals surface area contributed by atoms with Crippen LogP contribution in [0.2, 0.25) is 0 Å². The van der Waals surface area contributed by atoms with Crippen LogP contribution in [0.5, 0.6) is 0 Å². The van der Waals surface area contributed by atoms with Crippen LogP contribution in [0.1, 0.15) is 50.2 Å². The highest BCUT2D eigenvalue weighted by Crippen LogP contribution is 2.23. The van der Waals surface area contributed by atoms with Crippen LogP contribution < -0.4 is 21.6 Å². The second-order valence-corrected chi connectivity index (χ2v) is 11.5. The summed E-state index contributed by atoms with van der Waals surface area (Å²) in [4.78, 5) is 53.9. The van der Waals surface area contributed by atoms with Gasteiger partial charge < -0.3 is 40.0 Å². The van der Waals surface area contributed by atoms with E-state index in [2.05, 4.69) is 10.6 Å². The van der Waals surface area contributed by atoms with Gasteiger partial charge in [-0.15, -0.1) is 0 Å². The number of hydrogen-bond donors (Lipinski definition) is 5. The van der Waals surface area contributed by atoms with Crippen LogP contribution in [0.25, 0.3) is 0 Å². The number of nitrogens with one attached hydrogen (secondary N) is 2. The van der Waals surface area contributed by atoms with E-state index in [0.717, 1.165) is 16.7 Å². The predicted molar refractivity (Wildman–Crippen MR) is 163 cm³/mol. The average Bonchev–Trinajstić information content (AvgIpc) is 3.73. The van der Waals surface area contributed by atoms with Crippen molar-refractivity contribution < 1.29 is 43.6 Å². The number of carboxylic acids is 1. The molecule has 3 aliphatic rings. The van der Waals surface area contributed by atoms with Crippen molar-refractivity contribution in [2.45, 2.75) is 50.6 Å². The lowest BCUT2D eigenvalue weighted by atomic mass is 9.78. The second kappa shape index (κ2) is 12.9. The minimum atomic E-state index is -1.16. The van der Waals surface area contributed by atoms with Gasteiger partial charge in [0.25, 0.3) is 11.8 Å². The van der Waals surface area contributed by atoms with Gasteiger partial charge in [-0.05, 0) is 64.7 Å². The number of carbonyl (C=O) groups is 4. The van der Waals surface area contributed by atoms with Gasteiger partial charge in [0.05, 0.1) is 19.6 Å². The quantitative estimate of drug-likeness (QED) is 0.197. The minimum Gasteiger partial charge on any atom is -0.481 e. The standard InChI is InChI=1S/C31H31B2N3O9/c37-28(38)14-23(10-18-4-2-1-3-5-18)34-30(40)27-13-24(35-29(39)19-6-8-21-16-44-32(42)25(21)11-19)15-36(27)31(41)20-7-9-22-17-45-33(43)26(22)12-20/h1-9,11-12,23-24,27,42-43H,10,13-17H2,(H,34,40)(H,35,39)(H,37,38)/t23-,24+,27-/m0/s1. The monoisotopic (exact) mass is 611 g/mol. The van der Waals surface area contributed by atoms with Crippen molar-refractivity contribution in [1.29, 1.82) is 0 Å². The van der Waals surface area contributed by atoms with Gasteiger partial charge in [0, 0.05) is 29.8 Å². The molecule has 3 heterocycles. The van der Waals surface area contributed by atoms with Crippen molar-refractivity contribution in [3.63, 3.8) is 0 Å². The Hall–Kier alpha value is -4.49. The van der Waals surface area contributed by atoms with E-state index in [1.54, 1.807) is 30.3 Å². The summed E-state index contributed by atoms with van der Waals surface area (Å²) in [6.45, 7) is 0.470. The summed E-state index contributed by atoms with van der Waals surface area (Å²) in [5.74, 6) is -2.54. The van der Waals surface area contributed by atoms with Crippen LogP contribution in [0.15, 0.2) is 66.7 Å². The van der Waals surface area contributed by atoms with Gasteiger partial charge in [0.1, 0.15) is 6.04 Å². The number of benzene rings is 3. The summed E-state index contributed by atoms with van der Waals surface area (Å²) in [6.07, 6.45) is 0.0379. The van der Waals surface area contributed by atoms with Crippen molar-refractivity contribution >= 4 is 48.9 Å². The Labute approximate surface area is 259 Å². The SMILES string of the molecule is O=C(O)C[C@H](Cc1ccccc1)NC(=O)[C@@H]1C[C@@H](NC(=O)c2ccc3c(c2)B(O)OC3)CN1C(=O)c1ccc2c(c1)B(O)OC2. The van der Waals surface area contributed by atoms with Crippen LogP contribution in [0.4, 0.5) is 0 Å². The Balaban J connectivity index is 1.23. The fourth-order valence-corrected chi connectivity index (χ4v) is 6.13. The number of carbonyl (C=O) groups excluding carboxylic acids is 3. The molecule has 5 N–H and O–H groups in total. The number of amides is 3. The number of nitrogens with zero attached hydrogens (tertiary/aromatic N) is 1. The molecule has 12 nitrogen and oxygen atoms in total. The Kier molecular flexibility index (Phi) is 8.72. The molecule has 45 heavy (non-hydrogen) atoms. The first kappa shape index (κ1) is 30.5. The summed E-state index contributed by atoms with van der Waals surface area (Å²) >= 11 is 0. The van der Waals surface area contributed by atoms with Gasteiger partial charge in [-0.25, -0.2) is 0 Å². The molecule has 6 rings (SSSR count). The number of rotatable bonds is 9. The van der Waals surface area contributed by atoms with Gasteiger partial charge in [0.2, 0.25) is 5.91 Å². The topological polar surface area (TPSA) is 175 Å². The van der Waals surface area contributed by atoms with E-state index in [9.17, 15) is 34.3 Å². The maximum Gasteiger partial charge on any atom is 0.491 e. The first-order valence-corrected chi connectivity index (χ1v) is 14.7. The molecular weight excluding hydrogens is 580 g/mol. The van der Waals surface area contributed by atoms with E-state index in [1.807, 2.05) is 30.3 Å². The molecule has 0 unspecified atom stereocenters. The van der Waals surface area contributed by atoms with Crippen molar-refractivity contribution in [1.82, 2.24) is 15.5 Å². The molecule has 3 atom stereocenters. The molecule has 0 spiro atoms. The molecule has 230 valence electrons. The molecule has 3 aromatic carbocycles. The normalized spacial score (nSPS) is 19.2. The number of carboxylic acid groups (broad SMARTS) is 1. The van der Waals surface area contributed by atoms with E-state index in [0.29, 0.717) is 16.5 Å². The molecule has 0 aliphatic carbocycles. The molecule has 14 heteroatoms. The van der Waals surface area contributed by atoms with Gasteiger partial charge in [-0.1, -0.05) is 42.5 Å². The Morgan fingerprint density at radius 2 is 1.51 bits per heavy atom. The Morgan fingerprint density at radius 3 is 2.16 bits per heavy atom. The molecule has 0 radical (unpaired) electrons. The third-order valence-corrected chi connectivity index (χ3v) is 8.42. The van der Waals surface area contributed by atoms with Gasteiger partial charge >= 0.3 is 20.2 Å². The summed E-state index contributed by atoms with van der Waals surface area (Å²) < 4.78 is 10.5. The smallest absolute Gasteiger partial charge is 0.481 e. The first-order valence-electron chi connectivity index (χ1n) is 14.7. The lowest BCUT2D eigenvalue weighted by Gasteiger charge is -2.26. The number of likely N-dealkylation sites (tertiary alicyclic amines) is 1. The predicted octanol–water partition coefficient (Wildman–Crippen LogP) is -0.663. The van der Waals surface area contributed by atoms with Crippen LogP contribution >= 0.6 is 0 Å². The summed E-state index contributed by atoms with van der Waals surface area (Å²) in [6, 6.07) is 16.5. The molecule has 0 aromatic heterocycles. The fraction of sp³-hybridized carbons (Fsp3) is 0.290. The van der Waals surface area contributed by atoms with E-state index in [1.165, 1.54) is 11.0 Å². The zero-order valence-corrected chi connectivity index (χ0v) is 24.2. The van der Waals surface area contributed by atoms with E-state index >= 15 is 0 Å². The lowest BCUT2D eigenvalue weighted by Crippen LogP contribution is -2.50. The minimum absolute atomic E-state index is 0.0117.